The summed E-state index contributed by atoms with van der Waals surface area (Å²) in [6.45, 7) is 2.59. The number of carbonyl (C=O) groups is 1. The minimum Gasteiger partial charge on any atom is -0.378 e. The van der Waals surface area contributed by atoms with Crippen molar-refractivity contribution in [2.24, 2.45) is 5.92 Å². The van der Waals surface area contributed by atoms with Crippen molar-refractivity contribution in [1.29, 1.82) is 0 Å². The number of aromatic nitrogens is 3. The molecule has 2 unspecified atom stereocenters. The molecule has 3 aliphatic heterocycles. The Labute approximate surface area is 150 Å². The number of thiazole rings is 1. The lowest BCUT2D eigenvalue weighted by molar-refractivity contribution is -0.140. The van der Waals surface area contributed by atoms with Gasteiger partial charge in [0.05, 0.1) is 36.0 Å². The molecule has 5 rings (SSSR count). The van der Waals surface area contributed by atoms with Crippen molar-refractivity contribution in [2.45, 2.75) is 32.0 Å². The predicted octanol–water partition coefficient (Wildman–Crippen LogP) is 1.71. The Kier molecular flexibility index (Phi) is 4.63. The fraction of sp³-hybridized carbons (Fsp3) is 0.529. The van der Waals surface area contributed by atoms with Gasteiger partial charge in [0.15, 0.2) is 0 Å². The number of ether oxygens (including phenoxy) is 1. The summed E-state index contributed by atoms with van der Waals surface area (Å²) in [5, 5.41) is 2.02. The number of nitrogens with zero attached hydrogens (tertiary/aromatic N) is 5. The van der Waals surface area contributed by atoms with Crippen LogP contribution in [0.1, 0.15) is 24.2 Å². The van der Waals surface area contributed by atoms with Crippen molar-refractivity contribution < 1.29 is 9.53 Å². The number of methoxy groups -OCH3 is 1. The highest BCUT2D eigenvalue weighted by atomic mass is 32.1. The van der Waals surface area contributed by atoms with Crippen LogP contribution in [0.25, 0.3) is 0 Å². The van der Waals surface area contributed by atoms with E-state index in [1.165, 1.54) is 0 Å². The number of fused-ring (bicyclic) bond motifs is 4. The molecule has 0 saturated carbocycles. The van der Waals surface area contributed by atoms with Crippen molar-refractivity contribution in [2.75, 3.05) is 25.1 Å². The molecule has 2 bridgehead atoms. The summed E-state index contributed by atoms with van der Waals surface area (Å²) in [4.78, 5) is 30.1. The summed E-state index contributed by atoms with van der Waals surface area (Å²) in [5.74, 6) is 1.15. The van der Waals surface area contributed by atoms with E-state index in [0.29, 0.717) is 19.7 Å². The number of carbonyl (C=O) groups excluding carboxylic acids is 1. The second kappa shape index (κ2) is 7.05. The van der Waals surface area contributed by atoms with Crippen LogP contribution in [0.5, 0.6) is 0 Å². The quantitative estimate of drug-likeness (QED) is 0.809. The molecule has 0 radical (unpaired) electrons. The van der Waals surface area contributed by atoms with Gasteiger partial charge in [0, 0.05) is 37.7 Å². The zero-order chi connectivity index (χ0) is 17.2. The number of piperidine rings is 1. The fourth-order valence-corrected chi connectivity index (χ4v) is 4.26. The maximum atomic E-state index is 12.9. The van der Waals surface area contributed by atoms with Crippen LogP contribution < -0.4 is 4.90 Å². The van der Waals surface area contributed by atoms with Crippen LogP contribution in [-0.2, 0) is 22.7 Å². The van der Waals surface area contributed by atoms with Crippen molar-refractivity contribution in [1.82, 2.24) is 19.9 Å². The molecule has 1 amide bonds. The standard InChI is InChI=1S/C17H21N5O2S/c1-24-8-13-4-16(19-10-18-13)21-5-12-2-3-15(7-21)22(17(12)23)6-14-9-25-11-20-14/h4,9-12,15H,2-3,5-8H2,1H3. The van der Waals surface area contributed by atoms with Crippen LogP contribution in [0, 0.1) is 5.92 Å². The van der Waals surface area contributed by atoms with Gasteiger partial charge in [-0.05, 0) is 12.8 Å². The van der Waals surface area contributed by atoms with Crippen LogP contribution in [-0.4, -0.2) is 52.0 Å². The largest absolute Gasteiger partial charge is 0.378 e. The Balaban J connectivity index is 1.56. The zero-order valence-corrected chi connectivity index (χ0v) is 15.0. The first kappa shape index (κ1) is 16.4. The molecule has 25 heavy (non-hydrogen) atoms. The molecule has 8 heteroatoms. The number of hydrogen-bond acceptors (Lipinski definition) is 7. The first-order chi connectivity index (χ1) is 12.2. The second-order valence-electron chi connectivity index (χ2n) is 6.58. The average Bonchev–Trinajstić information content (AvgIpc) is 2.98. The third-order valence-electron chi connectivity index (χ3n) is 4.93. The SMILES string of the molecule is COCc1cc(N2CC3CCC(C2)N(Cc2cscn2)C3=O)ncn1. The Morgan fingerprint density at radius 3 is 2.96 bits per heavy atom. The molecular weight excluding hydrogens is 338 g/mol. The topological polar surface area (TPSA) is 71.5 Å². The molecule has 132 valence electrons. The summed E-state index contributed by atoms with van der Waals surface area (Å²) < 4.78 is 5.17. The zero-order valence-electron chi connectivity index (χ0n) is 14.2. The second-order valence-corrected chi connectivity index (χ2v) is 7.30. The van der Waals surface area contributed by atoms with E-state index in [2.05, 4.69) is 19.9 Å². The Morgan fingerprint density at radius 1 is 1.24 bits per heavy atom. The molecule has 7 nitrogen and oxygen atoms in total. The van der Waals surface area contributed by atoms with Crippen LogP contribution >= 0.6 is 11.3 Å². The smallest absolute Gasteiger partial charge is 0.228 e. The Hall–Kier alpha value is -2.06. The van der Waals surface area contributed by atoms with Gasteiger partial charge in [0.25, 0.3) is 0 Å². The summed E-state index contributed by atoms with van der Waals surface area (Å²) in [6.07, 6.45) is 3.56. The van der Waals surface area contributed by atoms with E-state index in [0.717, 1.165) is 36.6 Å². The van der Waals surface area contributed by atoms with Crippen molar-refractivity contribution in [3.63, 3.8) is 0 Å². The van der Waals surface area contributed by atoms with E-state index >= 15 is 0 Å². The predicted molar refractivity (Wildman–Crippen MR) is 94.1 cm³/mol. The van der Waals surface area contributed by atoms with E-state index in [1.54, 1.807) is 24.8 Å². The van der Waals surface area contributed by atoms with Gasteiger partial charge in [-0.2, -0.15) is 0 Å². The van der Waals surface area contributed by atoms with Gasteiger partial charge >= 0.3 is 0 Å². The third-order valence-corrected chi connectivity index (χ3v) is 5.57. The Morgan fingerprint density at radius 2 is 2.16 bits per heavy atom. The molecule has 5 heterocycles. The van der Waals surface area contributed by atoms with E-state index in [1.807, 2.05) is 21.9 Å². The highest BCUT2D eigenvalue weighted by Crippen LogP contribution is 2.32. The molecule has 0 aromatic carbocycles. The average molecular weight is 359 g/mol. The lowest BCUT2D eigenvalue weighted by Gasteiger charge is -2.35. The fourth-order valence-electron chi connectivity index (χ4n) is 3.71. The van der Waals surface area contributed by atoms with Gasteiger partial charge in [0.1, 0.15) is 12.1 Å². The first-order valence-electron chi connectivity index (χ1n) is 8.47. The minimum atomic E-state index is 0.0261. The molecule has 2 aromatic heterocycles. The molecule has 3 aliphatic rings. The van der Waals surface area contributed by atoms with E-state index < -0.39 is 0 Å². The monoisotopic (exact) mass is 359 g/mol. The number of anilines is 1. The molecular formula is C17H21N5O2S. The van der Waals surface area contributed by atoms with Crippen LogP contribution in [0.2, 0.25) is 0 Å². The van der Waals surface area contributed by atoms with Gasteiger partial charge < -0.3 is 14.5 Å². The summed E-state index contributed by atoms with van der Waals surface area (Å²) in [6, 6.07) is 2.16. The van der Waals surface area contributed by atoms with Crippen LogP contribution in [0.15, 0.2) is 23.3 Å². The highest BCUT2D eigenvalue weighted by molar-refractivity contribution is 7.07. The van der Waals surface area contributed by atoms with Gasteiger partial charge in [-0.25, -0.2) is 15.0 Å². The molecule has 0 N–H and O–H groups in total. The normalized spacial score (nSPS) is 23.2. The van der Waals surface area contributed by atoms with E-state index in [-0.39, 0.29) is 17.9 Å². The molecule has 3 fully saturated rings. The third kappa shape index (κ3) is 3.36. The lowest BCUT2D eigenvalue weighted by atomic mass is 9.94. The molecule has 2 aromatic rings. The van der Waals surface area contributed by atoms with Crippen molar-refractivity contribution in [3.05, 3.63) is 34.7 Å². The summed E-state index contributed by atoms with van der Waals surface area (Å²) in [7, 11) is 1.66. The molecule has 0 aliphatic carbocycles. The van der Waals surface area contributed by atoms with Crippen LogP contribution in [0.3, 0.4) is 0 Å². The van der Waals surface area contributed by atoms with Gasteiger partial charge in [-0.15, -0.1) is 11.3 Å². The van der Waals surface area contributed by atoms with Crippen molar-refractivity contribution in [3.8, 4) is 0 Å². The maximum Gasteiger partial charge on any atom is 0.228 e. The lowest BCUT2D eigenvalue weighted by Crippen LogP contribution is -2.47. The summed E-state index contributed by atoms with van der Waals surface area (Å²) >= 11 is 1.57. The number of hydrogen-bond donors (Lipinski definition) is 0. The van der Waals surface area contributed by atoms with Crippen LogP contribution in [0.4, 0.5) is 5.82 Å². The first-order valence-corrected chi connectivity index (χ1v) is 9.41. The maximum absolute atomic E-state index is 12.9. The van der Waals surface area contributed by atoms with Crippen molar-refractivity contribution >= 4 is 23.1 Å². The molecule has 3 saturated heterocycles. The van der Waals surface area contributed by atoms with E-state index in [4.69, 9.17) is 4.74 Å². The molecule has 2 atom stereocenters. The van der Waals surface area contributed by atoms with Gasteiger partial charge in [0.2, 0.25) is 5.91 Å². The summed E-state index contributed by atoms with van der Waals surface area (Å²) in [5.41, 5.74) is 3.65. The van der Waals surface area contributed by atoms with Gasteiger partial charge in [-0.1, -0.05) is 0 Å². The number of rotatable bonds is 5. The van der Waals surface area contributed by atoms with Gasteiger partial charge in [-0.3, -0.25) is 4.79 Å². The minimum absolute atomic E-state index is 0.0261. The Bertz CT molecular complexity index is 738. The van der Waals surface area contributed by atoms with E-state index in [9.17, 15) is 4.79 Å². The highest BCUT2D eigenvalue weighted by Gasteiger charge is 2.41. The number of amides is 1. The molecule has 0 spiro atoms.